The van der Waals surface area contributed by atoms with Crippen LogP contribution in [0.5, 0.6) is 0 Å². The molecule has 1 atom stereocenters. The lowest BCUT2D eigenvalue weighted by molar-refractivity contribution is -0.167. The molecule has 2 heterocycles. The second-order valence-corrected chi connectivity index (χ2v) is 7.07. The lowest BCUT2D eigenvalue weighted by Gasteiger charge is -2.15. The third-order valence-electron chi connectivity index (χ3n) is 3.91. The molecule has 2 amide bonds. The first kappa shape index (κ1) is 15.8. The molecule has 2 aromatic rings. The minimum atomic E-state index is -0.718. The fourth-order valence-corrected chi connectivity index (χ4v) is 3.26. The van der Waals surface area contributed by atoms with Gasteiger partial charge in [-0.15, -0.1) is 5.10 Å². The molecule has 0 spiro atoms. The summed E-state index contributed by atoms with van der Waals surface area (Å²) in [5.74, 6) is -2.01. The number of hydroxylamine groups is 2. The molecule has 1 aliphatic carbocycles. The molecule has 1 fully saturated rings. The van der Waals surface area contributed by atoms with Crippen molar-refractivity contribution in [1.29, 1.82) is 0 Å². The van der Waals surface area contributed by atoms with Crippen LogP contribution in [0.3, 0.4) is 0 Å². The van der Waals surface area contributed by atoms with Gasteiger partial charge < -0.3 is 4.84 Å². The maximum atomic E-state index is 12.3. The maximum absolute atomic E-state index is 12.3. The Hall–Kier alpha value is -2.75. The maximum Gasteiger partial charge on any atom is 0.346 e. The molecule has 1 saturated carbocycles. The van der Waals surface area contributed by atoms with E-state index in [0.29, 0.717) is 10.2 Å². The third-order valence-corrected chi connectivity index (χ3v) is 4.93. The minimum absolute atomic E-state index is 0.221. The van der Waals surface area contributed by atoms with Gasteiger partial charge in [-0.25, -0.2) is 9.48 Å². The van der Waals surface area contributed by atoms with E-state index in [0.717, 1.165) is 24.6 Å². The van der Waals surface area contributed by atoms with E-state index in [4.69, 9.17) is 4.84 Å². The van der Waals surface area contributed by atoms with E-state index in [1.807, 2.05) is 0 Å². The Morgan fingerprint density at radius 1 is 1.24 bits per heavy atom. The molecule has 0 bridgehead atoms. The highest BCUT2D eigenvalue weighted by Gasteiger charge is 2.39. The van der Waals surface area contributed by atoms with Crippen molar-refractivity contribution in [2.75, 3.05) is 0 Å². The van der Waals surface area contributed by atoms with Gasteiger partial charge in [0, 0.05) is 0 Å². The third kappa shape index (κ3) is 2.78. The zero-order valence-electron chi connectivity index (χ0n) is 13.2. The van der Waals surface area contributed by atoms with Crippen LogP contribution >= 0.6 is 11.8 Å². The summed E-state index contributed by atoms with van der Waals surface area (Å²) in [4.78, 5) is 41.8. The van der Waals surface area contributed by atoms with Crippen molar-refractivity contribution in [3.63, 3.8) is 0 Å². The first-order valence-corrected chi connectivity index (χ1v) is 8.58. The molecular weight excluding hydrogens is 346 g/mol. The fourth-order valence-electron chi connectivity index (χ4n) is 2.43. The predicted octanol–water partition coefficient (Wildman–Crippen LogP) is 1.24. The van der Waals surface area contributed by atoms with Crippen LogP contribution in [-0.2, 0) is 9.63 Å². The average Bonchev–Trinajstić information content (AvgIpc) is 3.32. The second-order valence-electron chi connectivity index (χ2n) is 5.76. The first-order chi connectivity index (χ1) is 12.1. The number of aromatic nitrogens is 4. The summed E-state index contributed by atoms with van der Waals surface area (Å²) in [6, 6.07) is 6.60. The molecule has 0 saturated heterocycles. The molecule has 1 aromatic heterocycles. The van der Waals surface area contributed by atoms with E-state index >= 15 is 0 Å². The molecule has 9 nitrogen and oxygen atoms in total. The van der Waals surface area contributed by atoms with Crippen LogP contribution in [0.4, 0.5) is 0 Å². The van der Waals surface area contributed by atoms with Gasteiger partial charge in [-0.3, -0.25) is 9.59 Å². The quantitative estimate of drug-likeness (QED) is 0.580. The zero-order valence-corrected chi connectivity index (χ0v) is 14.0. The van der Waals surface area contributed by atoms with Crippen molar-refractivity contribution in [3.8, 4) is 0 Å². The number of rotatable bonds is 5. The Kier molecular flexibility index (Phi) is 3.75. The monoisotopic (exact) mass is 359 g/mol. The number of carbonyl (C=O) groups is 3. The topological polar surface area (TPSA) is 107 Å². The van der Waals surface area contributed by atoms with Gasteiger partial charge in [0.05, 0.1) is 17.2 Å². The van der Waals surface area contributed by atoms with E-state index in [1.54, 1.807) is 23.7 Å². The van der Waals surface area contributed by atoms with E-state index in [1.165, 1.54) is 12.1 Å². The van der Waals surface area contributed by atoms with Crippen LogP contribution < -0.4 is 0 Å². The highest BCUT2D eigenvalue weighted by Crippen LogP contribution is 2.37. The van der Waals surface area contributed by atoms with Gasteiger partial charge in [0.25, 0.3) is 11.8 Å². The molecule has 1 aliphatic heterocycles. The van der Waals surface area contributed by atoms with E-state index in [-0.39, 0.29) is 17.2 Å². The first-order valence-electron chi connectivity index (χ1n) is 7.70. The summed E-state index contributed by atoms with van der Waals surface area (Å²) in [6.07, 6.45) is 2.01. The normalized spacial score (nSPS) is 17.6. The number of thioether (sulfide) groups is 1. The van der Waals surface area contributed by atoms with Crippen LogP contribution in [0.25, 0.3) is 0 Å². The van der Waals surface area contributed by atoms with Crippen molar-refractivity contribution < 1.29 is 19.2 Å². The van der Waals surface area contributed by atoms with E-state index in [2.05, 4.69) is 15.5 Å². The molecule has 10 heteroatoms. The van der Waals surface area contributed by atoms with Gasteiger partial charge in [0.1, 0.15) is 5.25 Å². The molecule has 0 radical (unpaired) electrons. The number of hydrogen-bond donors (Lipinski definition) is 0. The van der Waals surface area contributed by atoms with E-state index < -0.39 is 23.0 Å². The molecule has 0 N–H and O–H groups in total. The number of hydrogen-bond acceptors (Lipinski definition) is 8. The molecule has 25 heavy (non-hydrogen) atoms. The lowest BCUT2D eigenvalue weighted by atomic mass is 10.1. The Morgan fingerprint density at radius 2 is 1.88 bits per heavy atom. The lowest BCUT2D eigenvalue weighted by Crippen LogP contribution is -2.35. The largest absolute Gasteiger partial charge is 0.346 e. The summed E-state index contributed by atoms with van der Waals surface area (Å²) < 4.78 is 1.68. The highest BCUT2D eigenvalue weighted by molar-refractivity contribution is 8.00. The summed E-state index contributed by atoms with van der Waals surface area (Å²) >= 11 is 1.13. The van der Waals surface area contributed by atoms with Crippen LogP contribution in [0, 0.1) is 0 Å². The molecule has 1 unspecified atom stereocenters. The predicted molar refractivity (Wildman–Crippen MR) is 84.4 cm³/mol. The van der Waals surface area contributed by atoms with Crippen molar-refractivity contribution in [3.05, 3.63) is 35.4 Å². The summed E-state index contributed by atoms with van der Waals surface area (Å²) in [5.41, 5.74) is 0.441. The van der Waals surface area contributed by atoms with Crippen molar-refractivity contribution in [2.45, 2.75) is 36.2 Å². The zero-order chi connectivity index (χ0) is 17.6. The number of fused-ring (bicyclic) bond motifs is 1. The average molecular weight is 359 g/mol. The van der Waals surface area contributed by atoms with Crippen molar-refractivity contribution in [2.24, 2.45) is 0 Å². The summed E-state index contributed by atoms with van der Waals surface area (Å²) in [6.45, 7) is 1.61. The van der Waals surface area contributed by atoms with Crippen LogP contribution in [0.2, 0.25) is 0 Å². The van der Waals surface area contributed by atoms with Gasteiger partial charge >= 0.3 is 5.97 Å². The molecule has 1 aromatic carbocycles. The molecule has 4 rings (SSSR count). The second kappa shape index (κ2) is 5.96. The number of carbonyl (C=O) groups excluding carboxylic acids is 3. The molecule has 128 valence electrons. The smallest absolute Gasteiger partial charge is 0.328 e. The molecule has 2 aliphatic rings. The highest BCUT2D eigenvalue weighted by atomic mass is 32.2. The Balaban J connectivity index is 1.44. The minimum Gasteiger partial charge on any atom is -0.328 e. The van der Waals surface area contributed by atoms with Gasteiger partial charge in [-0.05, 0) is 42.3 Å². The van der Waals surface area contributed by atoms with Gasteiger partial charge in [-0.1, -0.05) is 29.0 Å². The van der Waals surface area contributed by atoms with Gasteiger partial charge in [0.2, 0.25) is 5.16 Å². The van der Waals surface area contributed by atoms with Crippen molar-refractivity contribution in [1.82, 2.24) is 25.3 Å². The van der Waals surface area contributed by atoms with E-state index in [9.17, 15) is 14.4 Å². The Morgan fingerprint density at radius 3 is 2.48 bits per heavy atom. The number of tetrazole rings is 1. The number of nitrogens with zero attached hydrogens (tertiary/aromatic N) is 5. The van der Waals surface area contributed by atoms with Gasteiger partial charge in [-0.2, -0.15) is 0 Å². The number of imide groups is 1. The van der Waals surface area contributed by atoms with Crippen molar-refractivity contribution >= 4 is 29.5 Å². The standard InChI is InChI=1S/C15H13N5O4S/c1-8(25-15-16-17-18-19(15)9-6-7-9)14(23)24-20-12(21)10-4-2-3-5-11(10)13(20)22/h2-5,8-9H,6-7H2,1H3. The Bertz CT molecular complexity index is 843. The number of amides is 2. The fraction of sp³-hybridized carbons (Fsp3) is 0.333. The number of benzene rings is 1. The van der Waals surface area contributed by atoms with Crippen LogP contribution in [-0.4, -0.2) is 48.3 Å². The van der Waals surface area contributed by atoms with Crippen LogP contribution in [0.15, 0.2) is 29.4 Å². The molecular formula is C15H13N5O4S. The summed E-state index contributed by atoms with van der Waals surface area (Å²) in [5, 5.41) is 11.8. The SMILES string of the molecule is CC(Sc1nnnn1C1CC1)C(=O)ON1C(=O)c2ccccc2C1=O. The Labute approximate surface area is 146 Å². The van der Waals surface area contributed by atoms with Crippen LogP contribution in [0.1, 0.15) is 46.5 Å². The van der Waals surface area contributed by atoms with Gasteiger partial charge in [0.15, 0.2) is 0 Å². The summed E-state index contributed by atoms with van der Waals surface area (Å²) in [7, 11) is 0.